The minimum atomic E-state index is 0.250. The summed E-state index contributed by atoms with van der Waals surface area (Å²) in [5.74, 6) is 0.695. The molecule has 15 heavy (non-hydrogen) atoms. The fraction of sp³-hybridized carbons (Fsp3) is 0.778. The second kappa shape index (κ2) is 4.81. The van der Waals surface area contributed by atoms with E-state index in [9.17, 15) is 0 Å². The first-order chi connectivity index (χ1) is 7.31. The second-order valence-electron chi connectivity index (χ2n) is 3.65. The van der Waals surface area contributed by atoms with Crippen LogP contribution in [0, 0.1) is 0 Å². The van der Waals surface area contributed by atoms with E-state index in [1.807, 2.05) is 0 Å². The number of aromatic nitrogens is 2. The summed E-state index contributed by atoms with van der Waals surface area (Å²) in [6, 6.07) is 0.811. The van der Waals surface area contributed by atoms with Crippen molar-refractivity contribution < 1.29 is 9.15 Å². The van der Waals surface area contributed by atoms with Gasteiger partial charge in [-0.05, 0) is 19.3 Å². The van der Waals surface area contributed by atoms with Crippen molar-refractivity contribution in [1.29, 1.82) is 0 Å². The van der Waals surface area contributed by atoms with E-state index in [1.165, 1.54) is 0 Å². The molecule has 0 aromatic carbocycles. The van der Waals surface area contributed by atoms with Gasteiger partial charge in [0.15, 0.2) is 0 Å². The summed E-state index contributed by atoms with van der Waals surface area (Å²) in [4.78, 5) is 0. The Hall–Kier alpha value is -0.810. The Morgan fingerprint density at radius 1 is 1.53 bits per heavy atom. The van der Waals surface area contributed by atoms with Crippen LogP contribution < -0.4 is 5.32 Å². The Balaban J connectivity index is 1.87. The molecule has 6 heteroatoms. The van der Waals surface area contributed by atoms with Crippen LogP contribution in [0.5, 0.6) is 0 Å². The first-order valence-electron chi connectivity index (χ1n) is 4.99. The molecule has 2 unspecified atom stereocenters. The van der Waals surface area contributed by atoms with Gasteiger partial charge in [-0.2, -0.15) is 0 Å². The van der Waals surface area contributed by atoms with Crippen LogP contribution in [0.3, 0.4) is 0 Å². The molecule has 1 heterocycles. The van der Waals surface area contributed by atoms with E-state index in [0.29, 0.717) is 24.1 Å². The predicted molar refractivity (Wildman–Crippen MR) is 55.9 cm³/mol. The van der Waals surface area contributed by atoms with Gasteiger partial charge in [0.1, 0.15) is 5.88 Å². The van der Waals surface area contributed by atoms with Gasteiger partial charge in [-0.25, -0.2) is 0 Å². The molecule has 1 saturated carbocycles. The third kappa shape index (κ3) is 2.60. The Morgan fingerprint density at radius 2 is 2.40 bits per heavy atom. The SMILES string of the molecule is COC1CCC(Nc2nnc(CCl)o2)C1. The number of alkyl halides is 1. The Kier molecular flexibility index (Phi) is 3.43. The van der Waals surface area contributed by atoms with Crippen molar-refractivity contribution in [3.63, 3.8) is 0 Å². The average molecular weight is 232 g/mol. The first kappa shape index (κ1) is 10.7. The monoisotopic (exact) mass is 231 g/mol. The molecule has 2 rings (SSSR count). The van der Waals surface area contributed by atoms with Crippen molar-refractivity contribution in [2.75, 3.05) is 12.4 Å². The summed E-state index contributed by atoms with van der Waals surface area (Å²) >= 11 is 5.56. The molecule has 1 aliphatic carbocycles. The van der Waals surface area contributed by atoms with Gasteiger partial charge in [-0.15, -0.1) is 16.7 Å². The maximum Gasteiger partial charge on any atom is 0.315 e. The van der Waals surface area contributed by atoms with Crippen LogP contribution in [0.1, 0.15) is 25.2 Å². The lowest BCUT2D eigenvalue weighted by Crippen LogP contribution is -2.17. The van der Waals surface area contributed by atoms with Crippen LogP contribution in [-0.4, -0.2) is 29.5 Å². The molecule has 84 valence electrons. The third-order valence-corrected chi connectivity index (χ3v) is 2.86. The van der Waals surface area contributed by atoms with Crippen molar-refractivity contribution in [3.05, 3.63) is 5.89 Å². The second-order valence-corrected chi connectivity index (χ2v) is 3.91. The molecule has 0 amide bonds. The van der Waals surface area contributed by atoms with E-state index in [2.05, 4.69) is 15.5 Å². The number of nitrogens with one attached hydrogen (secondary N) is 1. The quantitative estimate of drug-likeness (QED) is 0.801. The lowest BCUT2D eigenvalue weighted by molar-refractivity contribution is 0.108. The number of ether oxygens (including phenoxy) is 1. The zero-order valence-electron chi connectivity index (χ0n) is 8.57. The van der Waals surface area contributed by atoms with Crippen LogP contribution in [0.4, 0.5) is 6.01 Å². The van der Waals surface area contributed by atoms with Crippen molar-refractivity contribution in [1.82, 2.24) is 10.2 Å². The summed E-state index contributed by atoms with van der Waals surface area (Å²) in [6.45, 7) is 0. The van der Waals surface area contributed by atoms with Crippen LogP contribution >= 0.6 is 11.6 Å². The van der Waals surface area contributed by atoms with Gasteiger partial charge in [-0.3, -0.25) is 0 Å². The molecular formula is C9H14ClN3O2. The number of methoxy groups -OCH3 is 1. The summed E-state index contributed by atoms with van der Waals surface area (Å²) in [5, 5.41) is 10.8. The van der Waals surface area contributed by atoms with Gasteiger partial charge in [-0.1, -0.05) is 5.10 Å². The van der Waals surface area contributed by atoms with E-state index < -0.39 is 0 Å². The van der Waals surface area contributed by atoms with Crippen molar-refractivity contribution in [3.8, 4) is 0 Å². The van der Waals surface area contributed by atoms with Crippen molar-refractivity contribution >= 4 is 17.6 Å². The number of hydrogen-bond donors (Lipinski definition) is 1. The fourth-order valence-electron chi connectivity index (χ4n) is 1.83. The summed E-state index contributed by atoms with van der Waals surface area (Å²) < 4.78 is 10.5. The number of anilines is 1. The standard InChI is InChI=1S/C9H14ClN3O2/c1-14-7-3-2-6(4-7)11-9-13-12-8(5-10)15-9/h6-7H,2-5H2,1H3,(H,11,13). The molecule has 0 radical (unpaired) electrons. The maximum absolute atomic E-state index is 5.56. The molecule has 0 saturated heterocycles. The highest BCUT2D eigenvalue weighted by Gasteiger charge is 2.25. The molecule has 5 nitrogen and oxygen atoms in total. The van der Waals surface area contributed by atoms with E-state index in [1.54, 1.807) is 7.11 Å². The van der Waals surface area contributed by atoms with Gasteiger partial charge >= 0.3 is 6.01 Å². The normalized spacial score (nSPS) is 25.7. The molecular weight excluding hydrogens is 218 g/mol. The summed E-state index contributed by atoms with van der Waals surface area (Å²) in [7, 11) is 1.74. The molecule has 1 aromatic rings. The molecule has 0 aliphatic heterocycles. The lowest BCUT2D eigenvalue weighted by Gasteiger charge is -2.09. The van der Waals surface area contributed by atoms with Crippen LogP contribution in [0.2, 0.25) is 0 Å². The smallest absolute Gasteiger partial charge is 0.315 e. The van der Waals surface area contributed by atoms with Gasteiger partial charge in [0.25, 0.3) is 0 Å². The highest BCUT2D eigenvalue weighted by atomic mass is 35.5. The van der Waals surface area contributed by atoms with Gasteiger partial charge in [0, 0.05) is 13.2 Å². The van der Waals surface area contributed by atoms with Crippen molar-refractivity contribution in [2.45, 2.75) is 37.3 Å². The molecule has 1 fully saturated rings. The zero-order chi connectivity index (χ0) is 10.7. The highest BCUT2D eigenvalue weighted by Crippen LogP contribution is 2.24. The molecule has 0 spiro atoms. The van der Waals surface area contributed by atoms with Gasteiger partial charge in [0.05, 0.1) is 6.10 Å². The fourth-order valence-corrected chi connectivity index (χ4v) is 1.93. The van der Waals surface area contributed by atoms with E-state index in [0.717, 1.165) is 19.3 Å². The molecule has 1 N–H and O–H groups in total. The zero-order valence-corrected chi connectivity index (χ0v) is 9.33. The Bertz CT molecular complexity index is 318. The molecule has 0 bridgehead atoms. The average Bonchev–Trinajstić information content (AvgIpc) is 2.87. The first-order valence-corrected chi connectivity index (χ1v) is 5.53. The number of nitrogens with zero attached hydrogens (tertiary/aromatic N) is 2. The predicted octanol–water partition coefficient (Wildman–Crippen LogP) is 1.79. The lowest BCUT2D eigenvalue weighted by atomic mass is 10.2. The minimum Gasteiger partial charge on any atom is -0.407 e. The van der Waals surface area contributed by atoms with Gasteiger partial charge < -0.3 is 14.5 Å². The van der Waals surface area contributed by atoms with E-state index in [-0.39, 0.29) is 5.88 Å². The summed E-state index contributed by atoms with van der Waals surface area (Å²) in [6.07, 6.45) is 3.47. The Labute approximate surface area is 93.1 Å². The topological polar surface area (TPSA) is 60.2 Å². The van der Waals surface area contributed by atoms with Gasteiger partial charge in [0.2, 0.25) is 5.89 Å². The number of halogens is 1. The molecule has 1 aromatic heterocycles. The minimum absolute atomic E-state index is 0.250. The Morgan fingerprint density at radius 3 is 3.00 bits per heavy atom. The largest absolute Gasteiger partial charge is 0.407 e. The van der Waals surface area contributed by atoms with Crippen molar-refractivity contribution in [2.24, 2.45) is 0 Å². The third-order valence-electron chi connectivity index (χ3n) is 2.63. The van der Waals surface area contributed by atoms with Crippen LogP contribution in [-0.2, 0) is 10.6 Å². The van der Waals surface area contributed by atoms with Crippen LogP contribution in [0.25, 0.3) is 0 Å². The highest BCUT2D eigenvalue weighted by molar-refractivity contribution is 6.16. The van der Waals surface area contributed by atoms with Crippen LogP contribution in [0.15, 0.2) is 4.42 Å². The maximum atomic E-state index is 5.56. The molecule has 1 aliphatic rings. The molecule has 2 atom stereocenters. The number of hydrogen-bond acceptors (Lipinski definition) is 5. The van der Waals surface area contributed by atoms with E-state index in [4.69, 9.17) is 20.8 Å². The van der Waals surface area contributed by atoms with E-state index >= 15 is 0 Å². The number of rotatable bonds is 4. The summed E-state index contributed by atoms with van der Waals surface area (Å²) in [5.41, 5.74) is 0.